The van der Waals surface area contributed by atoms with Crippen LogP contribution in [-0.4, -0.2) is 40.6 Å². The number of likely N-dealkylation sites (tertiary alicyclic amines) is 1. The number of amides is 1. The number of aromatic nitrogens is 1. The van der Waals surface area contributed by atoms with E-state index >= 15 is 0 Å². The van der Waals surface area contributed by atoms with Crippen LogP contribution in [0, 0.1) is 12.8 Å². The lowest BCUT2D eigenvalue weighted by atomic mass is 10.1. The van der Waals surface area contributed by atoms with E-state index in [1.165, 1.54) is 0 Å². The molecule has 25 heavy (non-hydrogen) atoms. The van der Waals surface area contributed by atoms with Crippen molar-refractivity contribution in [3.63, 3.8) is 0 Å². The van der Waals surface area contributed by atoms with Gasteiger partial charge in [0, 0.05) is 49.5 Å². The number of benzene rings is 1. The van der Waals surface area contributed by atoms with E-state index in [2.05, 4.69) is 4.98 Å². The summed E-state index contributed by atoms with van der Waals surface area (Å²) in [5.41, 5.74) is 8.04. The standard InChI is InChI=1S/C19H23N3O3/c1-13-7-15(10-20)8-18(21-13)25-17-4-2-3-16(9-17)19(24)22-6-5-14(11-22)12-23/h2-4,7-9,14,23H,5-6,10-12,20H2,1H3/t14-/m1/s1. The molecule has 2 aromatic rings. The zero-order chi connectivity index (χ0) is 17.8. The molecule has 1 amide bonds. The van der Waals surface area contributed by atoms with Crippen molar-refractivity contribution in [3.8, 4) is 11.6 Å². The molecule has 0 bridgehead atoms. The molecule has 1 saturated heterocycles. The molecule has 2 heterocycles. The van der Waals surface area contributed by atoms with E-state index in [-0.39, 0.29) is 18.4 Å². The minimum Gasteiger partial charge on any atom is -0.439 e. The number of carbonyl (C=O) groups is 1. The second kappa shape index (κ2) is 7.63. The Morgan fingerprint density at radius 2 is 2.24 bits per heavy atom. The van der Waals surface area contributed by atoms with Crippen LogP contribution in [0.4, 0.5) is 0 Å². The van der Waals surface area contributed by atoms with Gasteiger partial charge in [-0.15, -0.1) is 0 Å². The second-order valence-electron chi connectivity index (χ2n) is 6.38. The van der Waals surface area contributed by atoms with Gasteiger partial charge in [0.05, 0.1) is 0 Å². The maximum atomic E-state index is 12.6. The highest BCUT2D eigenvalue weighted by Crippen LogP contribution is 2.24. The van der Waals surface area contributed by atoms with Gasteiger partial charge in [-0.3, -0.25) is 4.79 Å². The summed E-state index contributed by atoms with van der Waals surface area (Å²) in [7, 11) is 0. The molecule has 3 N–H and O–H groups in total. The first kappa shape index (κ1) is 17.4. The Morgan fingerprint density at radius 3 is 2.96 bits per heavy atom. The van der Waals surface area contributed by atoms with Gasteiger partial charge in [0.2, 0.25) is 5.88 Å². The summed E-state index contributed by atoms with van der Waals surface area (Å²) in [6.45, 7) is 3.69. The third kappa shape index (κ3) is 4.15. The second-order valence-corrected chi connectivity index (χ2v) is 6.38. The predicted molar refractivity (Wildman–Crippen MR) is 94.5 cm³/mol. The normalized spacial score (nSPS) is 16.9. The van der Waals surface area contributed by atoms with E-state index < -0.39 is 0 Å². The zero-order valence-electron chi connectivity index (χ0n) is 14.3. The average Bonchev–Trinajstić information content (AvgIpc) is 3.10. The first-order chi connectivity index (χ1) is 12.1. The van der Waals surface area contributed by atoms with Crippen molar-refractivity contribution in [3.05, 3.63) is 53.2 Å². The van der Waals surface area contributed by atoms with Gasteiger partial charge < -0.3 is 20.5 Å². The highest BCUT2D eigenvalue weighted by atomic mass is 16.5. The van der Waals surface area contributed by atoms with Crippen molar-refractivity contribution in [2.24, 2.45) is 11.7 Å². The Hall–Kier alpha value is -2.44. The maximum absolute atomic E-state index is 12.6. The molecule has 0 spiro atoms. The van der Waals surface area contributed by atoms with Gasteiger partial charge in [-0.05, 0) is 43.2 Å². The smallest absolute Gasteiger partial charge is 0.253 e. The van der Waals surface area contributed by atoms with Crippen LogP contribution in [0.1, 0.15) is 28.0 Å². The van der Waals surface area contributed by atoms with Crippen molar-refractivity contribution in [1.29, 1.82) is 0 Å². The fourth-order valence-corrected chi connectivity index (χ4v) is 3.04. The van der Waals surface area contributed by atoms with Crippen LogP contribution in [0.3, 0.4) is 0 Å². The molecular weight excluding hydrogens is 318 g/mol. The minimum atomic E-state index is -0.0405. The highest BCUT2D eigenvalue weighted by Gasteiger charge is 2.26. The van der Waals surface area contributed by atoms with Crippen molar-refractivity contribution >= 4 is 5.91 Å². The Bertz CT molecular complexity index is 763. The van der Waals surface area contributed by atoms with Crippen LogP contribution in [-0.2, 0) is 6.54 Å². The SMILES string of the molecule is Cc1cc(CN)cc(Oc2cccc(C(=O)N3CC[C@@H](CO)C3)c2)n1. The largest absolute Gasteiger partial charge is 0.439 e. The topological polar surface area (TPSA) is 88.7 Å². The van der Waals surface area contributed by atoms with Gasteiger partial charge in [0.1, 0.15) is 5.75 Å². The van der Waals surface area contributed by atoms with Crippen LogP contribution in [0.15, 0.2) is 36.4 Å². The van der Waals surface area contributed by atoms with Gasteiger partial charge >= 0.3 is 0 Å². The number of hydrogen-bond acceptors (Lipinski definition) is 5. The highest BCUT2D eigenvalue weighted by molar-refractivity contribution is 5.94. The van der Waals surface area contributed by atoms with Crippen molar-refractivity contribution in [2.45, 2.75) is 19.9 Å². The third-order valence-electron chi connectivity index (χ3n) is 4.36. The molecule has 0 radical (unpaired) electrons. The number of nitrogens with two attached hydrogens (primary N) is 1. The third-order valence-corrected chi connectivity index (χ3v) is 4.36. The summed E-state index contributed by atoms with van der Waals surface area (Å²) in [6, 6.07) is 10.8. The molecule has 1 aliphatic rings. The van der Waals surface area contributed by atoms with Crippen LogP contribution < -0.4 is 10.5 Å². The molecule has 6 nitrogen and oxygen atoms in total. The molecular formula is C19H23N3O3. The zero-order valence-corrected chi connectivity index (χ0v) is 14.3. The molecule has 1 aliphatic heterocycles. The lowest BCUT2D eigenvalue weighted by Crippen LogP contribution is -2.29. The predicted octanol–water partition coefficient (Wildman–Crippen LogP) is 2.10. The van der Waals surface area contributed by atoms with E-state index in [1.807, 2.05) is 13.0 Å². The number of pyridine rings is 1. The van der Waals surface area contributed by atoms with Gasteiger partial charge in [-0.2, -0.15) is 0 Å². The van der Waals surface area contributed by atoms with Crippen molar-refractivity contribution < 1.29 is 14.6 Å². The van der Waals surface area contributed by atoms with Gasteiger partial charge in [-0.1, -0.05) is 6.07 Å². The molecule has 0 aliphatic carbocycles. The summed E-state index contributed by atoms with van der Waals surface area (Å²) in [6.07, 6.45) is 0.841. The first-order valence-electron chi connectivity index (χ1n) is 8.44. The molecule has 1 aromatic carbocycles. The molecule has 6 heteroatoms. The van der Waals surface area contributed by atoms with Crippen molar-refractivity contribution in [2.75, 3.05) is 19.7 Å². The summed E-state index contributed by atoms with van der Waals surface area (Å²) >= 11 is 0. The lowest BCUT2D eigenvalue weighted by Gasteiger charge is -2.16. The van der Waals surface area contributed by atoms with E-state index in [0.717, 1.165) is 17.7 Å². The fraction of sp³-hybridized carbons (Fsp3) is 0.368. The number of hydrogen-bond donors (Lipinski definition) is 2. The number of nitrogens with zero attached hydrogens (tertiary/aromatic N) is 2. The maximum Gasteiger partial charge on any atom is 0.253 e. The first-order valence-corrected chi connectivity index (χ1v) is 8.44. The van der Waals surface area contributed by atoms with Crippen LogP contribution in [0.5, 0.6) is 11.6 Å². The fourth-order valence-electron chi connectivity index (χ4n) is 3.04. The number of aliphatic hydroxyl groups excluding tert-OH is 1. The van der Waals surface area contributed by atoms with Crippen LogP contribution in [0.25, 0.3) is 0 Å². The van der Waals surface area contributed by atoms with E-state index in [1.54, 1.807) is 35.2 Å². The molecule has 1 aromatic heterocycles. The molecule has 1 fully saturated rings. The van der Waals surface area contributed by atoms with E-state index in [4.69, 9.17) is 10.5 Å². The monoisotopic (exact) mass is 341 g/mol. The number of aliphatic hydroxyl groups is 1. The Kier molecular flexibility index (Phi) is 5.31. The summed E-state index contributed by atoms with van der Waals surface area (Å²) in [5.74, 6) is 1.16. The number of ether oxygens (including phenoxy) is 1. The minimum absolute atomic E-state index is 0.0405. The summed E-state index contributed by atoms with van der Waals surface area (Å²) in [5, 5.41) is 9.24. The molecule has 132 valence electrons. The van der Waals surface area contributed by atoms with E-state index in [9.17, 15) is 9.90 Å². The number of aryl methyl sites for hydroxylation is 1. The number of carbonyl (C=O) groups excluding carboxylic acids is 1. The Labute approximate surface area is 147 Å². The quantitative estimate of drug-likeness (QED) is 0.869. The van der Waals surface area contributed by atoms with Gasteiger partial charge in [0.25, 0.3) is 5.91 Å². The van der Waals surface area contributed by atoms with Crippen LogP contribution >= 0.6 is 0 Å². The summed E-state index contributed by atoms with van der Waals surface area (Å²) < 4.78 is 5.82. The molecule has 3 rings (SSSR count). The molecule has 0 saturated carbocycles. The Balaban J connectivity index is 1.75. The Morgan fingerprint density at radius 1 is 1.40 bits per heavy atom. The molecule has 1 atom stereocenters. The summed E-state index contributed by atoms with van der Waals surface area (Å²) in [4.78, 5) is 18.7. The lowest BCUT2D eigenvalue weighted by molar-refractivity contribution is 0.0781. The van der Waals surface area contributed by atoms with E-state index in [0.29, 0.717) is 36.8 Å². The van der Waals surface area contributed by atoms with Crippen LogP contribution in [0.2, 0.25) is 0 Å². The molecule has 0 unspecified atom stereocenters. The van der Waals surface area contributed by atoms with Gasteiger partial charge in [0.15, 0.2) is 0 Å². The van der Waals surface area contributed by atoms with Crippen molar-refractivity contribution in [1.82, 2.24) is 9.88 Å². The van der Waals surface area contributed by atoms with Gasteiger partial charge in [-0.25, -0.2) is 4.98 Å². The average molecular weight is 341 g/mol. The number of rotatable bonds is 5.